The minimum Gasteiger partial charge on any atom is -0.317 e. The van der Waals surface area contributed by atoms with Crippen LogP contribution in [0, 0.1) is 17.3 Å². The molecule has 0 heterocycles. The zero-order valence-corrected chi connectivity index (χ0v) is 19.8. The molecule has 0 spiro atoms. The number of fused-ring (bicyclic) bond motifs is 1. The normalized spacial score (nSPS) is 15.8. The van der Waals surface area contributed by atoms with Crippen LogP contribution in [0.5, 0.6) is 0 Å². The Kier molecular flexibility index (Phi) is 7.80. The molecular weight excluding hydrogens is 374 g/mol. The van der Waals surface area contributed by atoms with E-state index in [4.69, 9.17) is 0 Å². The summed E-state index contributed by atoms with van der Waals surface area (Å²) in [6.45, 7) is 13.8. The Morgan fingerprint density at radius 2 is 1.97 bits per heavy atom. The zero-order chi connectivity index (χ0) is 22.3. The second kappa shape index (κ2) is 10.5. The van der Waals surface area contributed by atoms with Gasteiger partial charge in [0.15, 0.2) is 0 Å². The van der Waals surface area contributed by atoms with Crippen molar-refractivity contribution >= 4 is 5.70 Å². The number of benzene rings is 1. The van der Waals surface area contributed by atoms with Crippen molar-refractivity contribution in [2.75, 3.05) is 0 Å². The molecule has 0 saturated carbocycles. The van der Waals surface area contributed by atoms with Crippen molar-refractivity contribution in [2.45, 2.75) is 72.6 Å². The van der Waals surface area contributed by atoms with Gasteiger partial charge >= 0.3 is 0 Å². The van der Waals surface area contributed by atoms with Crippen molar-refractivity contribution in [1.29, 1.82) is 0 Å². The SMILES string of the molecule is C=C(C1=C(C(C)(CC)CC)CC#CC=C1)N(/C=C\CCC)C1=CCCc2ccccc21. The molecule has 1 heteroatoms. The zero-order valence-electron chi connectivity index (χ0n) is 19.8. The number of aryl methyl sites for hydroxylation is 1. The Morgan fingerprint density at radius 3 is 2.71 bits per heavy atom. The molecule has 0 saturated heterocycles. The number of unbranched alkanes of at least 4 members (excludes halogenated alkanes) is 1. The van der Waals surface area contributed by atoms with Gasteiger partial charge in [-0.2, -0.15) is 0 Å². The molecule has 2 aliphatic carbocycles. The lowest BCUT2D eigenvalue weighted by atomic mass is 9.73. The summed E-state index contributed by atoms with van der Waals surface area (Å²) in [6.07, 6.45) is 18.4. The summed E-state index contributed by atoms with van der Waals surface area (Å²) in [5, 5.41) is 0. The van der Waals surface area contributed by atoms with Gasteiger partial charge in [0.2, 0.25) is 0 Å². The Morgan fingerprint density at radius 1 is 1.19 bits per heavy atom. The monoisotopic (exact) mass is 411 g/mol. The summed E-state index contributed by atoms with van der Waals surface area (Å²) in [4.78, 5) is 2.32. The first kappa shape index (κ1) is 23.0. The molecule has 2 aliphatic rings. The van der Waals surface area contributed by atoms with Crippen LogP contribution in [0.1, 0.15) is 77.3 Å². The molecule has 1 aromatic carbocycles. The largest absolute Gasteiger partial charge is 0.317 e. The highest BCUT2D eigenvalue weighted by Gasteiger charge is 2.29. The van der Waals surface area contributed by atoms with E-state index >= 15 is 0 Å². The van der Waals surface area contributed by atoms with E-state index in [1.807, 2.05) is 6.08 Å². The van der Waals surface area contributed by atoms with E-state index in [0.29, 0.717) is 0 Å². The van der Waals surface area contributed by atoms with E-state index in [0.717, 1.165) is 50.6 Å². The van der Waals surface area contributed by atoms with Crippen LogP contribution >= 0.6 is 0 Å². The summed E-state index contributed by atoms with van der Waals surface area (Å²) in [5.41, 5.74) is 7.80. The van der Waals surface area contributed by atoms with Crippen LogP contribution in [-0.4, -0.2) is 4.90 Å². The second-order valence-corrected chi connectivity index (χ2v) is 8.77. The molecule has 0 unspecified atom stereocenters. The minimum absolute atomic E-state index is 0.124. The summed E-state index contributed by atoms with van der Waals surface area (Å²) in [5.74, 6) is 6.56. The van der Waals surface area contributed by atoms with Gasteiger partial charge in [0.25, 0.3) is 0 Å². The molecule has 3 rings (SSSR count). The molecular formula is C30H37N. The fraction of sp³-hybridized carbons (Fsp3) is 0.400. The van der Waals surface area contributed by atoms with E-state index in [9.17, 15) is 0 Å². The summed E-state index contributed by atoms with van der Waals surface area (Å²) < 4.78 is 0. The van der Waals surface area contributed by atoms with Gasteiger partial charge in [-0.3, -0.25) is 0 Å². The molecule has 0 fully saturated rings. The van der Waals surface area contributed by atoms with E-state index in [1.54, 1.807) is 0 Å². The third kappa shape index (κ3) is 4.96. The molecule has 0 aliphatic heterocycles. The lowest BCUT2D eigenvalue weighted by molar-refractivity contribution is 0.359. The Hall–Kier alpha value is -2.72. The maximum Gasteiger partial charge on any atom is 0.0490 e. The van der Waals surface area contributed by atoms with Crippen molar-refractivity contribution in [1.82, 2.24) is 4.90 Å². The summed E-state index contributed by atoms with van der Waals surface area (Å²) in [6, 6.07) is 8.80. The van der Waals surface area contributed by atoms with Gasteiger partial charge in [0.05, 0.1) is 0 Å². The smallest absolute Gasteiger partial charge is 0.0490 e. The van der Waals surface area contributed by atoms with E-state index in [-0.39, 0.29) is 5.41 Å². The molecule has 0 aromatic heterocycles. The number of nitrogens with zero attached hydrogens (tertiary/aromatic N) is 1. The van der Waals surface area contributed by atoms with Crippen LogP contribution in [-0.2, 0) is 6.42 Å². The van der Waals surface area contributed by atoms with Crippen LogP contribution in [0.15, 0.2) is 78.2 Å². The molecule has 162 valence electrons. The number of rotatable bonds is 9. The average Bonchev–Trinajstić information content (AvgIpc) is 3.07. The number of allylic oxidation sites excluding steroid dienone is 5. The van der Waals surface area contributed by atoms with Crippen LogP contribution in [0.25, 0.3) is 5.70 Å². The van der Waals surface area contributed by atoms with Gasteiger partial charge < -0.3 is 4.90 Å². The van der Waals surface area contributed by atoms with Gasteiger partial charge in [-0.15, -0.1) is 0 Å². The highest BCUT2D eigenvalue weighted by molar-refractivity contribution is 5.72. The van der Waals surface area contributed by atoms with E-state index in [2.05, 4.69) is 99.7 Å². The van der Waals surface area contributed by atoms with Crippen molar-refractivity contribution in [3.63, 3.8) is 0 Å². The van der Waals surface area contributed by atoms with Crippen LogP contribution in [0.2, 0.25) is 0 Å². The van der Waals surface area contributed by atoms with Crippen molar-refractivity contribution in [3.05, 3.63) is 89.3 Å². The van der Waals surface area contributed by atoms with Crippen LogP contribution in [0.4, 0.5) is 0 Å². The second-order valence-electron chi connectivity index (χ2n) is 8.77. The molecule has 0 radical (unpaired) electrons. The Labute approximate surface area is 189 Å². The third-order valence-corrected chi connectivity index (χ3v) is 6.93. The van der Waals surface area contributed by atoms with E-state index < -0.39 is 0 Å². The molecule has 0 atom stereocenters. The first-order valence-electron chi connectivity index (χ1n) is 11.9. The third-order valence-electron chi connectivity index (χ3n) is 6.93. The average molecular weight is 412 g/mol. The number of hydrogen-bond acceptors (Lipinski definition) is 1. The standard InChI is InChI=1S/C30H37N/c1-6-9-15-23-31(29-22-16-18-25-17-13-14-20-27(25)29)24(4)26-19-11-10-12-21-28(26)30(5,7-2)8-3/h11,13-15,17,19-20,22-23H,4,6-9,16,18,21H2,1-3,5H3/b23-15-. The van der Waals surface area contributed by atoms with Gasteiger partial charge in [0.1, 0.15) is 0 Å². The first-order valence-corrected chi connectivity index (χ1v) is 11.9. The van der Waals surface area contributed by atoms with Crippen LogP contribution < -0.4 is 0 Å². The Balaban J connectivity index is 2.12. The fourth-order valence-corrected chi connectivity index (χ4v) is 4.49. The van der Waals surface area contributed by atoms with Gasteiger partial charge in [-0.05, 0) is 66.4 Å². The lowest BCUT2D eigenvalue weighted by Crippen LogP contribution is -2.23. The van der Waals surface area contributed by atoms with Gasteiger partial charge in [-0.25, -0.2) is 0 Å². The van der Waals surface area contributed by atoms with Crippen LogP contribution in [0.3, 0.4) is 0 Å². The minimum atomic E-state index is 0.124. The van der Waals surface area contributed by atoms with Gasteiger partial charge in [0, 0.05) is 29.6 Å². The predicted molar refractivity (Wildman–Crippen MR) is 135 cm³/mol. The molecule has 0 bridgehead atoms. The maximum absolute atomic E-state index is 4.65. The van der Waals surface area contributed by atoms with Gasteiger partial charge in [-0.1, -0.05) is 89.0 Å². The highest BCUT2D eigenvalue weighted by Crippen LogP contribution is 2.42. The topological polar surface area (TPSA) is 3.24 Å². The highest BCUT2D eigenvalue weighted by atomic mass is 15.1. The molecule has 0 amide bonds. The summed E-state index contributed by atoms with van der Waals surface area (Å²) in [7, 11) is 0. The predicted octanol–water partition coefficient (Wildman–Crippen LogP) is 8.19. The van der Waals surface area contributed by atoms with E-state index in [1.165, 1.54) is 28.0 Å². The Bertz CT molecular complexity index is 983. The van der Waals surface area contributed by atoms with Crippen molar-refractivity contribution in [2.24, 2.45) is 5.41 Å². The quantitative estimate of drug-likeness (QED) is 0.370. The molecule has 0 N–H and O–H groups in total. The molecule has 1 aromatic rings. The first-order chi connectivity index (χ1) is 15.1. The summed E-state index contributed by atoms with van der Waals surface area (Å²) >= 11 is 0. The fourth-order valence-electron chi connectivity index (χ4n) is 4.49. The maximum atomic E-state index is 4.65. The van der Waals surface area contributed by atoms with Crippen molar-refractivity contribution < 1.29 is 0 Å². The van der Waals surface area contributed by atoms with Crippen molar-refractivity contribution in [3.8, 4) is 11.8 Å². The molecule has 31 heavy (non-hydrogen) atoms. The number of hydrogen-bond donors (Lipinski definition) is 0. The lowest BCUT2D eigenvalue weighted by Gasteiger charge is -2.35. The molecule has 1 nitrogen and oxygen atoms in total.